The number of benzene rings is 1. The van der Waals surface area contributed by atoms with Crippen molar-refractivity contribution >= 4 is 23.1 Å². The van der Waals surface area contributed by atoms with Gasteiger partial charge in [-0.25, -0.2) is 4.79 Å². The van der Waals surface area contributed by atoms with Gasteiger partial charge in [-0.3, -0.25) is 0 Å². The van der Waals surface area contributed by atoms with Gasteiger partial charge in [-0.2, -0.15) is 4.98 Å². The molecule has 1 saturated heterocycles. The fourth-order valence-electron chi connectivity index (χ4n) is 2.64. The third kappa shape index (κ3) is 2.85. The highest BCUT2D eigenvalue weighted by atomic mass is 16.4. The summed E-state index contributed by atoms with van der Waals surface area (Å²) in [7, 11) is 0. The lowest BCUT2D eigenvalue weighted by Gasteiger charge is -2.21. The van der Waals surface area contributed by atoms with E-state index >= 15 is 0 Å². The minimum Gasteiger partial charge on any atom is -0.478 e. The quantitative estimate of drug-likeness (QED) is 0.882. The maximum absolute atomic E-state index is 11.0. The molecule has 1 fully saturated rings. The second-order valence-electron chi connectivity index (χ2n) is 5.82. The van der Waals surface area contributed by atoms with Crippen molar-refractivity contribution < 1.29 is 19.4 Å². The molecule has 6 heteroatoms. The molecule has 0 saturated carbocycles. The Balaban J connectivity index is 1.88. The summed E-state index contributed by atoms with van der Waals surface area (Å²) >= 11 is 0. The fraction of sp³-hybridized carbons (Fsp3) is 0.467. The number of aromatic nitrogens is 1. The molecule has 1 aromatic heterocycles. The van der Waals surface area contributed by atoms with Gasteiger partial charge < -0.3 is 19.5 Å². The molecule has 2 N–H and O–H groups in total. The number of carbonyl (C=O) groups is 1. The Morgan fingerprint density at radius 1 is 1.38 bits per heavy atom. The van der Waals surface area contributed by atoms with Crippen molar-refractivity contribution in [2.45, 2.75) is 31.8 Å². The highest BCUT2D eigenvalue weighted by molar-refractivity contribution is 5.92. The molecule has 1 aliphatic rings. The van der Waals surface area contributed by atoms with Crippen molar-refractivity contribution in [3.63, 3.8) is 0 Å². The third-order valence-electron chi connectivity index (χ3n) is 3.96. The molecule has 1 unspecified atom stereocenters. The van der Waals surface area contributed by atoms with Crippen LogP contribution >= 0.6 is 0 Å². The number of fused-ring (bicyclic) bond motifs is 1. The second-order valence-corrected chi connectivity index (χ2v) is 5.82. The van der Waals surface area contributed by atoms with Crippen LogP contribution in [0.2, 0.25) is 0 Å². The van der Waals surface area contributed by atoms with E-state index in [1.54, 1.807) is 6.07 Å². The summed E-state index contributed by atoms with van der Waals surface area (Å²) in [5.41, 5.74) is 0.660. The van der Waals surface area contributed by atoms with Crippen molar-refractivity contribution in [3.05, 3.63) is 23.8 Å². The van der Waals surface area contributed by atoms with Crippen LogP contribution in [0.5, 0.6) is 0 Å². The van der Waals surface area contributed by atoms with Gasteiger partial charge >= 0.3 is 5.97 Å². The lowest BCUT2D eigenvalue weighted by Crippen LogP contribution is -2.28. The zero-order valence-corrected chi connectivity index (χ0v) is 11.9. The number of hydrogen-bond acceptors (Lipinski definition) is 5. The molecule has 112 valence electrons. The predicted molar refractivity (Wildman–Crippen MR) is 77.7 cm³/mol. The molecule has 2 heterocycles. The Labute approximate surface area is 122 Å². The molecule has 2 aromatic rings. The first-order chi connectivity index (χ1) is 9.94. The average Bonchev–Trinajstić information content (AvgIpc) is 2.76. The Morgan fingerprint density at radius 3 is 2.95 bits per heavy atom. The smallest absolute Gasteiger partial charge is 0.335 e. The van der Waals surface area contributed by atoms with E-state index in [0.717, 1.165) is 19.4 Å². The summed E-state index contributed by atoms with van der Waals surface area (Å²) in [5, 5.41) is 19.1. The maximum atomic E-state index is 11.0. The molecular formula is C15H18N2O4. The van der Waals surface area contributed by atoms with E-state index in [9.17, 15) is 9.90 Å². The molecular weight excluding hydrogens is 272 g/mol. The van der Waals surface area contributed by atoms with E-state index in [4.69, 9.17) is 9.52 Å². The van der Waals surface area contributed by atoms with Crippen molar-refractivity contribution in [1.29, 1.82) is 0 Å². The van der Waals surface area contributed by atoms with Gasteiger partial charge in [0.25, 0.3) is 6.01 Å². The van der Waals surface area contributed by atoms with E-state index in [1.807, 2.05) is 11.8 Å². The Kier molecular flexibility index (Phi) is 3.33. The topological polar surface area (TPSA) is 86.8 Å². The largest absolute Gasteiger partial charge is 0.478 e. The Hall–Kier alpha value is -2.08. The van der Waals surface area contributed by atoms with E-state index in [2.05, 4.69) is 4.98 Å². The van der Waals surface area contributed by atoms with Crippen LogP contribution in [0, 0.1) is 0 Å². The number of aromatic carboxylic acids is 1. The molecule has 3 rings (SSSR count). The number of aliphatic hydroxyl groups is 1. The number of anilines is 1. The van der Waals surface area contributed by atoms with Crippen LogP contribution in [-0.2, 0) is 0 Å². The summed E-state index contributed by atoms with van der Waals surface area (Å²) in [6.07, 6.45) is 2.28. The van der Waals surface area contributed by atoms with Gasteiger partial charge in [-0.1, -0.05) is 0 Å². The first-order valence-electron chi connectivity index (χ1n) is 7.06. The van der Waals surface area contributed by atoms with Gasteiger partial charge in [0.15, 0.2) is 5.58 Å². The predicted octanol–water partition coefficient (Wildman–Crippen LogP) is 2.27. The van der Waals surface area contributed by atoms with Gasteiger partial charge in [0.05, 0.1) is 11.2 Å². The van der Waals surface area contributed by atoms with Crippen LogP contribution < -0.4 is 4.90 Å². The fourth-order valence-corrected chi connectivity index (χ4v) is 2.64. The highest BCUT2D eigenvalue weighted by Gasteiger charge is 2.26. The first kappa shape index (κ1) is 13.9. The molecule has 0 bridgehead atoms. The molecule has 0 aliphatic carbocycles. The van der Waals surface area contributed by atoms with Crippen molar-refractivity contribution in [2.24, 2.45) is 0 Å². The number of hydrogen-bond donors (Lipinski definition) is 2. The molecule has 0 spiro atoms. The van der Waals surface area contributed by atoms with Crippen molar-refractivity contribution in [3.8, 4) is 0 Å². The standard InChI is InChI=1S/C15H18N2O4/c1-15(20)5-2-7-17(8-6-15)14-16-11-4-3-10(13(18)19)9-12(11)21-14/h3-4,9,20H,2,5-8H2,1H3,(H,18,19). The minimum atomic E-state index is -0.985. The van der Waals surface area contributed by atoms with Crippen molar-refractivity contribution in [2.75, 3.05) is 18.0 Å². The summed E-state index contributed by atoms with van der Waals surface area (Å²) in [6.45, 7) is 3.29. The van der Waals surface area contributed by atoms with Crippen LogP contribution in [0.4, 0.5) is 6.01 Å². The highest BCUT2D eigenvalue weighted by Crippen LogP contribution is 2.27. The number of nitrogens with zero attached hydrogens (tertiary/aromatic N) is 2. The van der Waals surface area contributed by atoms with Crippen LogP contribution in [0.15, 0.2) is 22.6 Å². The molecule has 21 heavy (non-hydrogen) atoms. The van der Waals surface area contributed by atoms with Gasteiger partial charge in [-0.05, 0) is 44.4 Å². The van der Waals surface area contributed by atoms with E-state index < -0.39 is 11.6 Å². The normalized spacial score (nSPS) is 23.2. The lowest BCUT2D eigenvalue weighted by molar-refractivity contribution is 0.0481. The van der Waals surface area contributed by atoms with E-state index in [1.165, 1.54) is 12.1 Å². The molecule has 0 radical (unpaired) electrons. The second kappa shape index (κ2) is 5.04. The van der Waals surface area contributed by atoms with Crippen LogP contribution in [0.25, 0.3) is 11.1 Å². The zero-order chi connectivity index (χ0) is 15.0. The Bertz CT molecular complexity index is 677. The molecule has 1 aliphatic heterocycles. The molecule has 1 aromatic carbocycles. The third-order valence-corrected chi connectivity index (χ3v) is 3.96. The number of carboxylic acids is 1. The monoisotopic (exact) mass is 290 g/mol. The molecule has 6 nitrogen and oxygen atoms in total. The number of oxazole rings is 1. The SMILES string of the molecule is CC1(O)CCCN(c2nc3ccc(C(=O)O)cc3o2)CC1. The summed E-state index contributed by atoms with van der Waals surface area (Å²) in [6, 6.07) is 5.15. The molecule has 1 atom stereocenters. The van der Waals surface area contributed by atoms with Crippen LogP contribution in [0.1, 0.15) is 36.5 Å². The number of carboxylic acid groups (broad SMARTS) is 1. The Morgan fingerprint density at radius 2 is 2.19 bits per heavy atom. The van der Waals surface area contributed by atoms with Crippen molar-refractivity contribution in [1.82, 2.24) is 4.98 Å². The lowest BCUT2D eigenvalue weighted by atomic mass is 9.98. The summed E-state index contributed by atoms with van der Waals surface area (Å²) in [4.78, 5) is 17.4. The van der Waals surface area contributed by atoms with Crippen LogP contribution in [-0.4, -0.2) is 39.9 Å². The van der Waals surface area contributed by atoms with Gasteiger partial charge in [0.2, 0.25) is 0 Å². The minimum absolute atomic E-state index is 0.184. The average molecular weight is 290 g/mol. The van der Waals surface area contributed by atoms with Gasteiger partial charge in [0.1, 0.15) is 5.52 Å². The van der Waals surface area contributed by atoms with Gasteiger partial charge in [-0.15, -0.1) is 0 Å². The maximum Gasteiger partial charge on any atom is 0.335 e. The summed E-state index contributed by atoms with van der Waals surface area (Å²) in [5.74, 6) is -0.985. The molecule has 0 amide bonds. The summed E-state index contributed by atoms with van der Waals surface area (Å²) < 4.78 is 5.69. The van der Waals surface area contributed by atoms with E-state index in [0.29, 0.717) is 30.1 Å². The van der Waals surface area contributed by atoms with Crippen LogP contribution in [0.3, 0.4) is 0 Å². The van der Waals surface area contributed by atoms with Gasteiger partial charge in [0, 0.05) is 13.1 Å². The number of rotatable bonds is 2. The zero-order valence-electron chi connectivity index (χ0n) is 11.9. The first-order valence-corrected chi connectivity index (χ1v) is 7.06. The van der Waals surface area contributed by atoms with E-state index in [-0.39, 0.29) is 5.56 Å².